The fourth-order valence-corrected chi connectivity index (χ4v) is 1.48. The van der Waals surface area contributed by atoms with Crippen LogP contribution in [0.3, 0.4) is 0 Å². The van der Waals surface area contributed by atoms with Crippen LogP contribution in [0.25, 0.3) is 0 Å². The molecule has 1 atom stereocenters. The van der Waals surface area contributed by atoms with Crippen LogP contribution in [-0.2, 0) is 4.79 Å². The second-order valence-corrected chi connectivity index (χ2v) is 4.55. The summed E-state index contributed by atoms with van der Waals surface area (Å²) in [5.74, 6) is -1.69. The predicted octanol–water partition coefficient (Wildman–Crippen LogP) is 2.08. The van der Waals surface area contributed by atoms with Crippen LogP contribution in [0, 0.1) is 5.92 Å². The van der Waals surface area contributed by atoms with Gasteiger partial charge in [-0.25, -0.2) is 9.59 Å². The summed E-state index contributed by atoms with van der Waals surface area (Å²) in [6.45, 7) is 3.28. The lowest BCUT2D eigenvalue weighted by Crippen LogP contribution is -2.52. The van der Waals surface area contributed by atoms with Gasteiger partial charge in [-0.1, -0.05) is 20.8 Å². The molecule has 112 valence electrons. The van der Waals surface area contributed by atoms with Crippen molar-refractivity contribution in [2.75, 3.05) is 13.1 Å². The van der Waals surface area contributed by atoms with Crippen molar-refractivity contribution >= 4 is 12.0 Å². The first kappa shape index (κ1) is 17.5. The van der Waals surface area contributed by atoms with E-state index in [2.05, 4.69) is 5.32 Å². The maximum atomic E-state index is 12.3. The predicted molar refractivity (Wildman–Crippen MR) is 62.7 cm³/mol. The first-order chi connectivity index (χ1) is 8.58. The molecule has 0 aliphatic rings. The molecular formula is C11H19F3N2O3. The molecule has 0 aliphatic heterocycles. The molecule has 0 rings (SSSR count). The third-order valence-electron chi connectivity index (χ3n) is 2.36. The number of nitrogens with one attached hydrogen (secondary N) is 1. The number of carboxylic acids is 1. The average Bonchev–Trinajstić information content (AvgIpc) is 2.22. The summed E-state index contributed by atoms with van der Waals surface area (Å²) in [5.41, 5.74) is 0. The van der Waals surface area contributed by atoms with Gasteiger partial charge in [0, 0.05) is 6.54 Å². The van der Waals surface area contributed by atoms with Crippen molar-refractivity contribution in [1.29, 1.82) is 0 Å². The molecule has 0 saturated carbocycles. The Morgan fingerprint density at radius 3 is 2.16 bits per heavy atom. The first-order valence-electron chi connectivity index (χ1n) is 5.93. The summed E-state index contributed by atoms with van der Waals surface area (Å²) in [7, 11) is 0. The monoisotopic (exact) mass is 284 g/mol. The number of hydrogen-bond acceptors (Lipinski definition) is 2. The van der Waals surface area contributed by atoms with Crippen LogP contribution in [0.2, 0.25) is 0 Å². The summed E-state index contributed by atoms with van der Waals surface area (Å²) in [6.07, 6.45) is -4.16. The minimum Gasteiger partial charge on any atom is -0.480 e. The molecule has 19 heavy (non-hydrogen) atoms. The SMILES string of the molecule is CCCN(CC(F)(F)F)C(=O)N[C@H](C(=O)O)C(C)C. The van der Waals surface area contributed by atoms with Crippen molar-refractivity contribution in [2.24, 2.45) is 5.92 Å². The largest absolute Gasteiger partial charge is 0.480 e. The van der Waals surface area contributed by atoms with Crippen molar-refractivity contribution in [1.82, 2.24) is 10.2 Å². The van der Waals surface area contributed by atoms with E-state index in [0.717, 1.165) is 0 Å². The molecule has 2 amide bonds. The third kappa shape index (κ3) is 6.88. The van der Waals surface area contributed by atoms with Crippen LogP contribution in [0.5, 0.6) is 0 Å². The zero-order chi connectivity index (χ0) is 15.2. The van der Waals surface area contributed by atoms with Gasteiger partial charge in [-0.05, 0) is 12.3 Å². The lowest BCUT2D eigenvalue weighted by atomic mass is 10.1. The Morgan fingerprint density at radius 1 is 1.32 bits per heavy atom. The zero-order valence-corrected chi connectivity index (χ0v) is 11.1. The van der Waals surface area contributed by atoms with Crippen LogP contribution in [0.4, 0.5) is 18.0 Å². The fourth-order valence-electron chi connectivity index (χ4n) is 1.48. The molecule has 0 heterocycles. The number of alkyl halides is 3. The molecule has 0 unspecified atom stereocenters. The van der Waals surface area contributed by atoms with E-state index < -0.39 is 36.7 Å². The van der Waals surface area contributed by atoms with Crippen molar-refractivity contribution in [3.8, 4) is 0 Å². The van der Waals surface area contributed by atoms with Gasteiger partial charge in [-0.3, -0.25) is 0 Å². The van der Waals surface area contributed by atoms with Crippen molar-refractivity contribution in [2.45, 2.75) is 39.4 Å². The molecule has 0 aromatic rings. The summed E-state index contributed by atoms with van der Waals surface area (Å²) in [5, 5.41) is 11.0. The molecule has 0 radical (unpaired) electrons. The van der Waals surface area contributed by atoms with E-state index in [-0.39, 0.29) is 6.54 Å². The summed E-state index contributed by atoms with van der Waals surface area (Å²) in [4.78, 5) is 23.1. The topological polar surface area (TPSA) is 69.6 Å². The van der Waals surface area contributed by atoms with Gasteiger partial charge >= 0.3 is 18.2 Å². The van der Waals surface area contributed by atoms with Crippen LogP contribution in [0.15, 0.2) is 0 Å². The van der Waals surface area contributed by atoms with E-state index >= 15 is 0 Å². The Labute approximate surface area is 109 Å². The fraction of sp³-hybridized carbons (Fsp3) is 0.818. The first-order valence-corrected chi connectivity index (χ1v) is 5.93. The van der Waals surface area contributed by atoms with E-state index in [1.165, 1.54) is 0 Å². The molecule has 0 aliphatic carbocycles. The second-order valence-electron chi connectivity index (χ2n) is 4.55. The Bertz CT molecular complexity index is 319. The maximum Gasteiger partial charge on any atom is 0.406 e. The number of hydrogen-bond donors (Lipinski definition) is 2. The highest BCUT2D eigenvalue weighted by Crippen LogP contribution is 2.17. The van der Waals surface area contributed by atoms with E-state index in [1.54, 1.807) is 20.8 Å². The summed E-state index contributed by atoms with van der Waals surface area (Å²) in [6, 6.07) is -2.22. The highest BCUT2D eigenvalue weighted by atomic mass is 19.4. The van der Waals surface area contributed by atoms with Gasteiger partial charge in [0.1, 0.15) is 12.6 Å². The van der Waals surface area contributed by atoms with Gasteiger partial charge in [0.05, 0.1) is 0 Å². The molecule has 0 aromatic heterocycles. The molecule has 0 saturated heterocycles. The molecular weight excluding hydrogens is 265 g/mol. The number of nitrogens with zero attached hydrogens (tertiary/aromatic N) is 1. The van der Waals surface area contributed by atoms with Crippen LogP contribution in [0.1, 0.15) is 27.2 Å². The number of carboxylic acid groups (broad SMARTS) is 1. The van der Waals surface area contributed by atoms with E-state index in [9.17, 15) is 22.8 Å². The quantitative estimate of drug-likeness (QED) is 0.784. The number of urea groups is 1. The highest BCUT2D eigenvalue weighted by Gasteiger charge is 2.34. The van der Waals surface area contributed by atoms with E-state index in [0.29, 0.717) is 11.3 Å². The van der Waals surface area contributed by atoms with Gasteiger partial charge < -0.3 is 15.3 Å². The maximum absolute atomic E-state index is 12.3. The van der Waals surface area contributed by atoms with Crippen molar-refractivity contribution in [3.63, 3.8) is 0 Å². The van der Waals surface area contributed by atoms with Gasteiger partial charge in [-0.2, -0.15) is 13.2 Å². The highest BCUT2D eigenvalue weighted by molar-refractivity contribution is 5.82. The summed E-state index contributed by atoms with van der Waals surface area (Å²) < 4.78 is 36.9. The molecule has 0 aromatic carbocycles. The molecule has 0 spiro atoms. The normalized spacial score (nSPS) is 13.2. The van der Waals surface area contributed by atoms with Gasteiger partial charge in [-0.15, -0.1) is 0 Å². The zero-order valence-electron chi connectivity index (χ0n) is 11.1. The van der Waals surface area contributed by atoms with Crippen LogP contribution >= 0.6 is 0 Å². The number of halogens is 3. The average molecular weight is 284 g/mol. The van der Waals surface area contributed by atoms with Crippen molar-refractivity contribution < 1.29 is 27.9 Å². The van der Waals surface area contributed by atoms with E-state index in [1.807, 2.05) is 0 Å². The Hall–Kier alpha value is -1.47. The van der Waals surface area contributed by atoms with Crippen LogP contribution < -0.4 is 5.32 Å². The lowest BCUT2D eigenvalue weighted by Gasteiger charge is -2.26. The third-order valence-corrected chi connectivity index (χ3v) is 2.36. The number of amides is 2. The number of carbonyl (C=O) groups is 2. The van der Waals surface area contributed by atoms with Gasteiger partial charge in [0.15, 0.2) is 0 Å². The second kappa shape index (κ2) is 7.20. The number of carbonyl (C=O) groups excluding carboxylic acids is 1. The summed E-state index contributed by atoms with van der Waals surface area (Å²) >= 11 is 0. The minimum absolute atomic E-state index is 0.0875. The molecule has 8 heteroatoms. The minimum atomic E-state index is -4.51. The molecule has 5 nitrogen and oxygen atoms in total. The van der Waals surface area contributed by atoms with E-state index in [4.69, 9.17) is 5.11 Å². The lowest BCUT2D eigenvalue weighted by molar-refractivity contribution is -0.141. The standard InChI is InChI=1S/C11H19F3N2O3/c1-4-5-16(6-11(12,13)14)10(19)15-8(7(2)3)9(17)18/h7-8H,4-6H2,1-3H3,(H,15,19)(H,17,18)/t8-/m0/s1. The Kier molecular flexibility index (Phi) is 6.64. The molecule has 0 bridgehead atoms. The van der Waals surface area contributed by atoms with Gasteiger partial charge in [0.2, 0.25) is 0 Å². The van der Waals surface area contributed by atoms with Gasteiger partial charge in [0.25, 0.3) is 0 Å². The van der Waals surface area contributed by atoms with Crippen LogP contribution in [-0.4, -0.2) is 47.3 Å². The smallest absolute Gasteiger partial charge is 0.406 e. The number of rotatable bonds is 6. The Morgan fingerprint density at radius 2 is 1.84 bits per heavy atom. The van der Waals surface area contributed by atoms with Crippen molar-refractivity contribution in [3.05, 3.63) is 0 Å². The Balaban J connectivity index is 4.76. The molecule has 0 fully saturated rings. The molecule has 2 N–H and O–H groups in total. The number of aliphatic carboxylic acids is 1.